The quantitative estimate of drug-likeness (QED) is 0.689. The number of carbonyl (C=O) groups is 2. The lowest BCUT2D eigenvalue weighted by atomic mass is 10.0. The summed E-state index contributed by atoms with van der Waals surface area (Å²) in [6, 6.07) is 15.3. The van der Waals surface area contributed by atoms with Gasteiger partial charge < -0.3 is 19.6 Å². The molecule has 2 aromatic carbocycles. The van der Waals surface area contributed by atoms with E-state index in [2.05, 4.69) is 10.1 Å². The predicted molar refractivity (Wildman–Crippen MR) is 95.9 cm³/mol. The predicted octanol–water partition coefficient (Wildman–Crippen LogP) is 2.86. The van der Waals surface area contributed by atoms with Gasteiger partial charge in [0.25, 0.3) is 5.91 Å². The minimum Gasteiger partial charge on any atom is -0.465 e. The van der Waals surface area contributed by atoms with Crippen LogP contribution in [-0.4, -0.2) is 30.6 Å². The molecule has 1 amide bonds. The van der Waals surface area contributed by atoms with Gasteiger partial charge in [-0.3, -0.25) is 4.79 Å². The molecule has 6 nitrogen and oxygen atoms in total. The molecular formula is C20H19NO5. The number of rotatable bonds is 5. The molecule has 0 saturated carbocycles. The molecule has 3 aromatic rings. The third-order valence-corrected chi connectivity index (χ3v) is 4.12. The summed E-state index contributed by atoms with van der Waals surface area (Å²) in [5.41, 5.74) is 0.0459. The average Bonchev–Trinajstić information content (AvgIpc) is 3.11. The zero-order valence-electron chi connectivity index (χ0n) is 14.5. The molecule has 0 aliphatic heterocycles. The summed E-state index contributed by atoms with van der Waals surface area (Å²) in [7, 11) is 1.29. The summed E-state index contributed by atoms with van der Waals surface area (Å²) in [5, 5.41) is 14.2. The van der Waals surface area contributed by atoms with E-state index in [9.17, 15) is 14.7 Å². The Bertz CT molecular complexity index is 907. The molecule has 0 aliphatic carbocycles. The van der Waals surface area contributed by atoms with Crippen molar-refractivity contribution in [1.82, 2.24) is 5.32 Å². The monoisotopic (exact) mass is 353 g/mol. The van der Waals surface area contributed by atoms with Crippen molar-refractivity contribution in [2.45, 2.75) is 12.5 Å². The third kappa shape index (κ3) is 3.60. The van der Waals surface area contributed by atoms with Crippen molar-refractivity contribution in [3.8, 4) is 0 Å². The third-order valence-electron chi connectivity index (χ3n) is 4.12. The largest absolute Gasteiger partial charge is 0.465 e. The van der Waals surface area contributed by atoms with Gasteiger partial charge in [0.15, 0.2) is 0 Å². The molecule has 6 heteroatoms. The van der Waals surface area contributed by atoms with E-state index >= 15 is 0 Å². The number of benzene rings is 2. The lowest BCUT2D eigenvalue weighted by Gasteiger charge is -2.21. The van der Waals surface area contributed by atoms with Crippen LogP contribution < -0.4 is 5.32 Å². The summed E-state index contributed by atoms with van der Waals surface area (Å²) >= 11 is 0. The van der Waals surface area contributed by atoms with Gasteiger partial charge in [0.1, 0.15) is 16.9 Å². The summed E-state index contributed by atoms with van der Waals surface area (Å²) in [5.74, 6) is -0.456. The summed E-state index contributed by atoms with van der Waals surface area (Å²) in [6.45, 7) is 1.55. The highest BCUT2D eigenvalue weighted by atomic mass is 16.5. The first kappa shape index (κ1) is 17.7. The second kappa shape index (κ2) is 7.01. The highest BCUT2D eigenvalue weighted by molar-refractivity contribution is 5.96. The Kier molecular flexibility index (Phi) is 4.77. The van der Waals surface area contributed by atoms with Crippen LogP contribution in [0.15, 0.2) is 59.0 Å². The summed E-state index contributed by atoms with van der Waals surface area (Å²) in [4.78, 5) is 23.7. The highest BCUT2D eigenvalue weighted by Crippen LogP contribution is 2.27. The van der Waals surface area contributed by atoms with Crippen molar-refractivity contribution in [3.63, 3.8) is 0 Å². The van der Waals surface area contributed by atoms with E-state index in [1.54, 1.807) is 13.0 Å². The Morgan fingerprint density at radius 2 is 1.77 bits per heavy atom. The van der Waals surface area contributed by atoms with E-state index in [-0.39, 0.29) is 12.5 Å². The smallest absolute Gasteiger partial charge is 0.337 e. The molecule has 134 valence electrons. The standard InChI is InChI=1S/C20H19NO5/c1-20(24,17-11-15-5-3-4-6-16(15)26-17)12-21-18(22)13-7-9-14(10-8-13)19(23)25-2/h3-11,24H,12H2,1-2H3,(H,21,22). The van der Waals surface area contributed by atoms with Crippen LogP contribution in [0.5, 0.6) is 0 Å². The van der Waals surface area contributed by atoms with Crippen molar-refractivity contribution in [1.29, 1.82) is 0 Å². The fraction of sp³-hybridized carbons (Fsp3) is 0.200. The Balaban J connectivity index is 1.68. The highest BCUT2D eigenvalue weighted by Gasteiger charge is 2.28. The zero-order chi connectivity index (χ0) is 18.7. The van der Waals surface area contributed by atoms with Crippen LogP contribution in [0.3, 0.4) is 0 Å². The number of furan rings is 1. The molecule has 0 radical (unpaired) electrons. The number of carbonyl (C=O) groups excluding carboxylic acids is 2. The maximum atomic E-state index is 12.3. The molecule has 3 rings (SSSR count). The molecule has 0 saturated heterocycles. The van der Waals surface area contributed by atoms with Crippen molar-refractivity contribution in [3.05, 3.63) is 71.5 Å². The van der Waals surface area contributed by atoms with E-state index < -0.39 is 11.6 Å². The number of esters is 1. The molecule has 0 bridgehead atoms. The van der Waals surface area contributed by atoms with Gasteiger partial charge in [-0.25, -0.2) is 4.79 Å². The number of ether oxygens (including phenoxy) is 1. The van der Waals surface area contributed by atoms with E-state index in [1.165, 1.54) is 31.4 Å². The van der Waals surface area contributed by atoms with Crippen LogP contribution in [0.4, 0.5) is 0 Å². The number of hydrogen-bond donors (Lipinski definition) is 2. The van der Waals surface area contributed by atoms with Gasteiger partial charge in [-0.1, -0.05) is 18.2 Å². The molecule has 1 aromatic heterocycles. The van der Waals surface area contributed by atoms with E-state index in [0.717, 1.165) is 5.39 Å². The Morgan fingerprint density at radius 3 is 2.42 bits per heavy atom. The number of hydrogen-bond acceptors (Lipinski definition) is 5. The van der Waals surface area contributed by atoms with Crippen molar-refractivity contribution < 1.29 is 23.8 Å². The average molecular weight is 353 g/mol. The first-order valence-electron chi connectivity index (χ1n) is 8.09. The second-order valence-corrected chi connectivity index (χ2v) is 6.17. The Labute approximate surface area is 150 Å². The van der Waals surface area contributed by atoms with Crippen LogP contribution in [0, 0.1) is 0 Å². The van der Waals surface area contributed by atoms with Crippen LogP contribution >= 0.6 is 0 Å². The number of nitrogens with one attached hydrogen (secondary N) is 1. The first-order chi connectivity index (χ1) is 12.4. The Morgan fingerprint density at radius 1 is 1.12 bits per heavy atom. The van der Waals surface area contributed by atoms with Crippen molar-refractivity contribution >= 4 is 22.8 Å². The molecule has 2 N–H and O–H groups in total. The van der Waals surface area contributed by atoms with E-state index in [0.29, 0.717) is 22.5 Å². The van der Waals surface area contributed by atoms with E-state index in [4.69, 9.17) is 4.42 Å². The van der Waals surface area contributed by atoms with Crippen molar-refractivity contribution in [2.75, 3.05) is 13.7 Å². The van der Waals surface area contributed by atoms with Gasteiger partial charge in [-0.05, 0) is 43.3 Å². The topological polar surface area (TPSA) is 88.8 Å². The zero-order valence-corrected chi connectivity index (χ0v) is 14.5. The van der Waals surface area contributed by atoms with Crippen LogP contribution in [0.1, 0.15) is 33.4 Å². The number of methoxy groups -OCH3 is 1. The summed E-state index contributed by atoms with van der Waals surface area (Å²) < 4.78 is 10.3. The minimum absolute atomic E-state index is 0.0234. The fourth-order valence-corrected chi connectivity index (χ4v) is 2.56. The van der Waals surface area contributed by atoms with Crippen LogP contribution in [-0.2, 0) is 10.3 Å². The molecule has 0 fully saturated rings. The molecule has 0 aliphatic rings. The molecular weight excluding hydrogens is 334 g/mol. The Hall–Kier alpha value is -3.12. The van der Waals surface area contributed by atoms with Gasteiger partial charge in [-0.15, -0.1) is 0 Å². The lowest BCUT2D eigenvalue weighted by Crippen LogP contribution is -2.38. The van der Waals surface area contributed by atoms with Crippen LogP contribution in [0.25, 0.3) is 11.0 Å². The number of amides is 1. The SMILES string of the molecule is COC(=O)c1ccc(C(=O)NCC(C)(O)c2cc3ccccc3o2)cc1. The number of fused-ring (bicyclic) bond motifs is 1. The van der Waals surface area contributed by atoms with E-state index in [1.807, 2.05) is 24.3 Å². The maximum absolute atomic E-state index is 12.3. The molecule has 1 heterocycles. The number of para-hydroxylation sites is 1. The lowest BCUT2D eigenvalue weighted by molar-refractivity contribution is 0.0344. The fourth-order valence-electron chi connectivity index (χ4n) is 2.56. The van der Waals surface area contributed by atoms with Gasteiger partial charge in [0.2, 0.25) is 0 Å². The summed E-state index contributed by atoms with van der Waals surface area (Å²) in [6.07, 6.45) is 0. The molecule has 26 heavy (non-hydrogen) atoms. The second-order valence-electron chi connectivity index (χ2n) is 6.17. The first-order valence-corrected chi connectivity index (χ1v) is 8.09. The molecule has 1 atom stereocenters. The minimum atomic E-state index is -1.36. The molecule has 0 spiro atoms. The number of aliphatic hydroxyl groups is 1. The van der Waals surface area contributed by atoms with Crippen molar-refractivity contribution in [2.24, 2.45) is 0 Å². The van der Waals surface area contributed by atoms with Gasteiger partial charge in [0.05, 0.1) is 19.2 Å². The van der Waals surface area contributed by atoms with Gasteiger partial charge in [-0.2, -0.15) is 0 Å². The van der Waals surface area contributed by atoms with Gasteiger partial charge >= 0.3 is 5.97 Å². The van der Waals surface area contributed by atoms with Crippen LogP contribution in [0.2, 0.25) is 0 Å². The molecule has 1 unspecified atom stereocenters. The maximum Gasteiger partial charge on any atom is 0.337 e. The van der Waals surface area contributed by atoms with Gasteiger partial charge in [0, 0.05) is 10.9 Å². The normalized spacial score (nSPS) is 13.2.